The lowest BCUT2D eigenvalue weighted by atomic mass is 9.93. The van der Waals surface area contributed by atoms with E-state index in [0.717, 1.165) is 12.8 Å². The molecule has 0 unspecified atom stereocenters. The van der Waals surface area contributed by atoms with Crippen LogP contribution in [-0.4, -0.2) is 22.4 Å². The molecular weight excluding hydrogens is 188 g/mol. The van der Waals surface area contributed by atoms with E-state index < -0.39 is 5.60 Å². The van der Waals surface area contributed by atoms with Gasteiger partial charge in [0.25, 0.3) is 0 Å². The van der Waals surface area contributed by atoms with Crippen molar-refractivity contribution in [2.75, 3.05) is 6.61 Å². The second-order valence-corrected chi connectivity index (χ2v) is 4.59. The van der Waals surface area contributed by atoms with Gasteiger partial charge >= 0.3 is 0 Å². The van der Waals surface area contributed by atoms with Crippen LogP contribution in [0.3, 0.4) is 0 Å². The summed E-state index contributed by atoms with van der Waals surface area (Å²) in [6, 6.07) is 8.10. The van der Waals surface area contributed by atoms with E-state index >= 15 is 0 Å². The average molecular weight is 208 g/mol. The number of aryl methyl sites for hydroxylation is 1. The van der Waals surface area contributed by atoms with Gasteiger partial charge in [-0.3, -0.25) is 0 Å². The van der Waals surface area contributed by atoms with Crippen molar-refractivity contribution < 1.29 is 10.2 Å². The second-order valence-electron chi connectivity index (χ2n) is 4.59. The van der Waals surface area contributed by atoms with Crippen LogP contribution in [0.2, 0.25) is 0 Å². The predicted molar refractivity (Wildman–Crippen MR) is 61.9 cm³/mol. The van der Waals surface area contributed by atoms with Crippen LogP contribution >= 0.6 is 0 Å². The number of benzene rings is 1. The van der Waals surface area contributed by atoms with Crippen LogP contribution < -0.4 is 0 Å². The van der Waals surface area contributed by atoms with Crippen LogP contribution in [0.1, 0.15) is 31.4 Å². The molecule has 0 saturated heterocycles. The zero-order valence-corrected chi connectivity index (χ0v) is 9.53. The van der Waals surface area contributed by atoms with Crippen molar-refractivity contribution in [2.24, 2.45) is 0 Å². The van der Waals surface area contributed by atoms with Crippen molar-refractivity contribution in [1.29, 1.82) is 0 Å². The van der Waals surface area contributed by atoms with E-state index in [9.17, 15) is 5.11 Å². The lowest BCUT2D eigenvalue weighted by Crippen LogP contribution is -2.22. The molecule has 84 valence electrons. The summed E-state index contributed by atoms with van der Waals surface area (Å²) in [6.07, 6.45) is 2.32. The van der Waals surface area contributed by atoms with Crippen molar-refractivity contribution in [1.82, 2.24) is 0 Å². The summed E-state index contributed by atoms with van der Waals surface area (Å²) in [4.78, 5) is 0. The minimum Gasteiger partial charge on any atom is -0.396 e. The quantitative estimate of drug-likeness (QED) is 0.776. The molecule has 0 radical (unpaired) electrons. The Kier molecular flexibility index (Phi) is 4.30. The van der Waals surface area contributed by atoms with Gasteiger partial charge in [-0.25, -0.2) is 0 Å². The van der Waals surface area contributed by atoms with Crippen molar-refractivity contribution in [3.05, 3.63) is 35.4 Å². The Morgan fingerprint density at radius 3 is 2.27 bits per heavy atom. The van der Waals surface area contributed by atoms with Gasteiger partial charge in [-0.15, -0.1) is 0 Å². The fourth-order valence-corrected chi connectivity index (χ4v) is 1.71. The zero-order valence-electron chi connectivity index (χ0n) is 9.53. The highest BCUT2D eigenvalue weighted by molar-refractivity contribution is 5.28. The molecule has 2 nitrogen and oxygen atoms in total. The van der Waals surface area contributed by atoms with Gasteiger partial charge in [-0.1, -0.05) is 24.3 Å². The largest absolute Gasteiger partial charge is 0.396 e. The summed E-state index contributed by atoms with van der Waals surface area (Å²) in [7, 11) is 0. The fourth-order valence-electron chi connectivity index (χ4n) is 1.71. The third-order valence-electron chi connectivity index (χ3n) is 2.35. The van der Waals surface area contributed by atoms with Crippen LogP contribution in [0.25, 0.3) is 0 Å². The third-order valence-corrected chi connectivity index (χ3v) is 2.35. The predicted octanol–water partition coefficient (Wildman–Crippen LogP) is 1.92. The Morgan fingerprint density at radius 1 is 1.13 bits per heavy atom. The molecule has 0 bridgehead atoms. The van der Waals surface area contributed by atoms with Gasteiger partial charge in [-0.05, 0) is 37.8 Å². The van der Waals surface area contributed by atoms with E-state index in [4.69, 9.17) is 5.11 Å². The minimum atomic E-state index is -0.671. The topological polar surface area (TPSA) is 40.5 Å². The van der Waals surface area contributed by atoms with Crippen molar-refractivity contribution >= 4 is 0 Å². The lowest BCUT2D eigenvalue weighted by Gasteiger charge is -2.19. The third kappa shape index (κ3) is 4.45. The molecule has 0 fully saturated rings. The second kappa shape index (κ2) is 5.29. The zero-order chi connectivity index (χ0) is 11.3. The van der Waals surface area contributed by atoms with Crippen LogP contribution in [0.4, 0.5) is 0 Å². The maximum absolute atomic E-state index is 9.77. The Balaban J connectivity index is 2.77. The van der Waals surface area contributed by atoms with Gasteiger partial charge in [0.2, 0.25) is 0 Å². The molecule has 0 atom stereocenters. The first-order chi connectivity index (χ1) is 7.03. The van der Waals surface area contributed by atoms with Gasteiger partial charge in [0, 0.05) is 13.0 Å². The van der Waals surface area contributed by atoms with Crippen molar-refractivity contribution in [3.63, 3.8) is 0 Å². The Hall–Kier alpha value is -0.860. The number of hydrogen-bond donors (Lipinski definition) is 2. The molecule has 2 N–H and O–H groups in total. The molecule has 1 rings (SSSR count). The molecule has 1 aromatic carbocycles. The van der Waals surface area contributed by atoms with Crippen molar-refractivity contribution in [2.45, 2.75) is 38.7 Å². The molecule has 0 aliphatic rings. The molecule has 15 heavy (non-hydrogen) atoms. The SMILES string of the molecule is CC(C)(O)Cc1ccccc1CCCO. The summed E-state index contributed by atoms with van der Waals surface area (Å²) in [5.74, 6) is 0. The Morgan fingerprint density at radius 2 is 1.73 bits per heavy atom. The summed E-state index contributed by atoms with van der Waals surface area (Å²) in [5.41, 5.74) is 1.74. The summed E-state index contributed by atoms with van der Waals surface area (Å²) < 4.78 is 0. The van der Waals surface area contributed by atoms with E-state index in [-0.39, 0.29) is 6.61 Å². The van der Waals surface area contributed by atoms with Crippen LogP contribution in [0.15, 0.2) is 24.3 Å². The molecule has 2 heteroatoms. The van der Waals surface area contributed by atoms with E-state index in [0.29, 0.717) is 6.42 Å². The van der Waals surface area contributed by atoms with Crippen LogP contribution in [0, 0.1) is 0 Å². The first kappa shape index (κ1) is 12.2. The van der Waals surface area contributed by atoms with E-state index in [2.05, 4.69) is 6.07 Å². The smallest absolute Gasteiger partial charge is 0.0632 e. The molecule has 0 aliphatic carbocycles. The van der Waals surface area contributed by atoms with Gasteiger partial charge < -0.3 is 10.2 Å². The molecule has 1 aromatic rings. The maximum Gasteiger partial charge on any atom is 0.0632 e. The maximum atomic E-state index is 9.77. The van der Waals surface area contributed by atoms with Crippen LogP contribution in [-0.2, 0) is 12.8 Å². The van der Waals surface area contributed by atoms with Crippen LogP contribution in [0.5, 0.6) is 0 Å². The molecule has 0 aromatic heterocycles. The summed E-state index contributed by atoms with van der Waals surface area (Å²) in [6.45, 7) is 3.85. The number of aliphatic hydroxyl groups is 2. The van der Waals surface area contributed by atoms with Gasteiger partial charge in [0.1, 0.15) is 0 Å². The van der Waals surface area contributed by atoms with E-state index in [1.807, 2.05) is 32.0 Å². The molecule has 0 spiro atoms. The molecule has 0 aliphatic heterocycles. The molecular formula is C13H20O2. The average Bonchev–Trinajstić information content (AvgIpc) is 2.14. The van der Waals surface area contributed by atoms with Gasteiger partial charge in [0.05, 0.1) is 5.60 Å². The Bertz CT molecular complexity index is 300. The highest BCUT2D eigenvalue weighted by Crippen LogP contribution is 2.17. The van der Waals surface area contributed by atoms with Crippen molar-refractivity contribution in [3.8, 4) is 0 Å². The number of rotatable bonds is 5. The first-order valence-electron chi connectivity index (χ1n) is 5.43. The highest BCUT2D eigenvalue weighted by Gasteiger charge is 2.15. The fraction of sp³-hybridized carbons (Fsp3) is 0.538. The monoisotopic (exact) mass is 208 g/mol. The normalized spacial score (nSPS) is 11.7. The number of aliphatic hydroxyl groups excluding tert-OH is 1. The standard InChI is InChI=1S/C13H20O2/c1-13(2,15)10-12-7-4-3-6-11(12)8-5-9-14/h3-4,6-7,14-15H,5,8-10H2,1-2H3. The van der Waals surface area contributed by atoms with Gasteiger partial charge in [-0.2, -0.15) is 0 Å². The molecule has 0 heterocycles. The summed E-state index contributed by atoms with van der Waals surface area (Å²) in [5, 5.41) is 18.6. The lowest BCUT2D eigenvalue weighted by molar-refractivity contribution is 0.0807. The summed E-state index contributed by atoms with van der Waals surface area (Å²) >= 11 is 0. The van der Waals surface area contributed by atoms with E-state index in [1.165, 1.54) is 11.1 Å². The van der Waals surface area contributed by atoms with Gasteiger partial charge in [0.15, 0.2) is 0 Å². The molecule has 0 saturated carbocycles. The Labute approximate surface area is 91.6 Å². The molecule has 0 amide bonds. The number of hydrogen-bond acceptors (Lipinski definition) is 2. The minimum absolute atomic E-state index is 0.219. The highest BCUT2D eigenvalue weighted by atomic mass is 16.3. The first-order valence-corrected chi connectivity index (χ1v) is 5.43. The van der Waals surface area contributed by atoms with E-state index in [1.54, 1.807) is 0 Å².